The number of aryl methyl sites for hydroxylation is 1. The van der Waals surface area contributed by atoms with Gasteiger partial charge in [-0.3, -0.25) is 4.99 Å². The molecule has 1 amide bonds. The topological polar surface area (TPSA) is 90.5 Å². The number of alkyl carbamates (subject to hydrolysis) is 1. The number of guanidine groups is 1. The number of halogens is 1. The third-order valence-corrected chi connectivity index (χ3v) is 5.17. The van der Waals surface area contributed by atoms with Crippen molar-refractivity contribution in [3.05, 3.63) is 35.5 Å². The average molecular weight is 513 g/mol. The highest BCUT2D eigenvalue weighted by atomic mass is 127. The van der Waals surface area contributed by atoms with E-state index in [9.17, 15) is 4.79 Å². The Balaban J connectivity index is 0.00000300. The number of ether oxygens (including phenoxy) is 1. The molecule has 8 heteroatoms. The molecule has 0 bridgehead atoms. The second-order valence-corrected chi connectivity index (χ2v) is 7.25. The molecule has 160 valence electrons. The first kappa shape index (κ1) is 23.3. The first-order chi connectivity index (χ1) is 13.6. The number of H-pyrrole nitrogens is 1. The maximum absolute atomic E-state index is 11.7. The van der Waals surface area contributed by atoms with Crippen LogP contribution in [0, 0.1) is 12.8 Å². The summed E-state index contributed by atoms with van der Waals surface area (Å²) in [6.45, 7) is 5.75. The van der Waals surface area contributed by atoms with Crippen LogP contribution in [0.4, 0.5) is 4.79 Å². The Bertz CT molecular complexity index is 832. The normalized spacial score (nSPS) is 14.8. The standard InChI is InChI=1S/C21H31N5O2.HI/c1-4-28-21(27)26-18(15-8-9-15)13-25-20(22-3)23-11-10-16-12-24-17-7-5-6-14(2)19(16)17;/h5-7,12,15,18,24H,4,8-11,13H2,1-3H3,(H,26,27)(H2,22,23,25);1H. The van der Waals surface area contributed by atoms with Crippen molar-refractivity contribution in [3.63, 3.8) is 0 Å². The zero-order valence-corrected chi connectivity index (χ0v) is 19.7. The summed E-state index contributed by atoms with van der Waals surface area (Å²) in [6, 6.07) is 6.38. The van der Waals surface area contributed by atoms with Gasteiger partial charge in [0.1, 0.15) is 0 Å². The molecule has 0 saturated heterocycles. The molecule has 1 saturated carbocycles. The Kier molecular flexibility index (Phi) is 9.06. The highest BCUT2D eigenvalue weighted by Gasteiger charge is 2.32. The molecule has 0 aliphatic heterocycles. The van der Waals surface area contributed by atoms with Gasteiger partial charge in [-0.25, -0.2) is 4.79 Å². The number of nitrogens with one attached hydrogen (secondary N) is 4. The quantitative estimate of drug-likeness (QED) is 0.248. The van der Waals surface area contributed by atoms with Crippen LogP contribution in [0.1, 0.15) is 30.9 Å². The van der Waals surface area contributed by atoms with Gasteiger partial charge in [0.15, 0.2) is 5.96 Å². The van der Waals surface area contributed by atoms with E-state index in [1.54, 1.807) is 7.05 Å². The largest absolute Gasteiger partial charge is 0.450 e. The predicted molar refractivity (Wildman–Crippen MR) is 128 cm³/mol. The summed E-state index contributed by atoms with van der Waals surface area (Å²) >= 11 is 0. The van der Waals surface area contributed by atoms with Crippen molar-refractivity contribution < 1.29 is 9.53 Å². The lowest BCUT2D eigenvalue weighted by molar-refractivity contribution is 0.146. The summed E-state index contributed by atoms with van der Waals surface area (Å²) in [5, 5.41) is 11.0. The average Bonchev–Trinajstić information content (AvgIpc) is 3.44. The summed E-state index contributed by atoms with van der Waals surface area (Å²) in [4.78, 5) is 19.4. The van der Waals surface area contributed by atoms with E-state index in [0.717, 1.165) is 31.8 Å². The molecule has 0 radical (unpaired) electrons. The Labute approximate surface area is 189 Å². The number of nitrogens with zero attached hydrogens (tertiary/aromatic N) is 1. The number of aromatic amines is 1. The lowest BCUT2D eigenvalue weighted by Gasteiger charge is -2.20. The number of rotatable bonds is 8. The van der Waals surface area contributed by atoms with Gasteiger partial charge in [0.2, 0.25) is 0 Å². The molecule has 3 rings (SSSR count). The van der Waals surface area contributed by atoms with Crippen molar-refractivity contribution in [2.75, 3.05) is 26.7 Å². The van der Waals surface area contributed by atoms with E-state index in [4.69, 9.17) is 4.74 Å². The first-order valence-corrected chi connectivity index (χ1v) is 10.1. The number of benzene rings is 1. The van der Waals surface area contributed by atoms with E-state index in [2.05, 4.69) is 57.2 Å². The third-order valence-electron chi connectivity index (χ3n) is 5.17. The van der Waals surface area contributed by atoms with Crippen molar-refractivity contribution >= 4 is 46.9 Å². The van der Waals surface area contributed by atoms with E-state index in [-0.39, 0.29) is 36.1 Å². The summed E-state index contributed by atoms with van der Waals surface area (Å²) in [5.41, 5.74) is 3.76. The van der Waals surface area contributed by atoms with Gasteiger partial charge >= 0.3 is 6.09 Å². The molecular formula is C21H32IN5O2. The number of hydrogen-bond donors (Lipinski definition) is 4. The Morgan fingerprint density at radius 1 is 1.34 bits per heavy atom. The number of carbonyl (C=O) groups is 1. The smallest absolute Gasteiger partial charge is 0.407 e. The van der Waals surface area contributed by atoms with Crippen LogP contribution in [-0.4, -0.2) is 49.8 Å². The minimum atomic E-state index is -0.348. The van der Waals surface area contributed by atoms with Crippen LogP contribution >= 0.6 is 24.0 Å². The highest BCUT2D eigenvalue weighted by Crippen LogP contribution is 2.32. The van der Waals surface area contributed by atoms with Gasteiger partial charge in [0, 0.05) is 37.2 Å². The fourth-order valence-electron chi connectivity index (χ4n) is 3.55. The van der Waals surface area contributed by atoms with E-state index in [1.807, 2.05) is 6.92 Å². The number of aliphatic imine (C=N–C) groups is 1. The van der Waals surface area contributed by atoms with Gasteiger partial charge in [0.25, 0.3) is 0 Å². The van der Waals surface area contributed by atoms with Crippen molar-refractivity contribution in [2.24, 2.45) is 10.9 Å². The summed E-state index contributed by atoms with van der Waals surface area (Å²) in [7, 11) is 1.76. The van der Waals surface area contributed by atoms with Gasteiger partial charge < -0.3 is 25.7 Å². The number of fused-ring (bicyclic) bond motifs is 1. The molecule has 1 fully saturated rings. The summed E-state index contributed by atoms with van der Waals surface area (Å²) in [6.07, 6.45) is 4.93. The molecule has 2 aromatic rings. The van der Waals surface area contributed by atoms with Gasteiger partial charge in [0.05, 0.1) is 12.6 Å². The number of carbonyl (C=O) groups excluding carboxylic acids is 1. The third kappa shape index (κ3) is 6.52. The zero-order valence-electron chi connectivity index (χ0n) is 17.4. The molecule has 0 spiro atoms. The van der Waals surface area contributed by atoms with E-state index in [0.29, 0.717) is 19.1 Å². The van der Waals surface area contributed by atoms with Crippen molar-refractivity contribution in [3.8, 4) is 0 Å². The molecule has 29 heavy (non-hydrogen) atoms. The molecular weight excluding hydrogens is 481 g/mol. The molecule has 1 heterocycles. The van der Waals surface area contributed by atoms with E-state index < -0.39 is 0 Å². The van der Waals surface area contributed by atoms with E-state index in [1.165, 1.54) is 22.0 Å². The maximum atomic E-state index is 11.7. The lowest BCUT2D eigenvalue weighted by Crippen LogP contribution is -2.48. The number of aromatic nitrogens is 1. The number of hydrogen-bond acceptors (Lipinski definition) is 3. The SMILES string of the molecule is CCOC(=O)NC(CNC(=NC)NCCc1c[nH]c2cccc(C)c12)C1CC1.I. The molecule has 1 aliphatic rings. The van der Waals surface area contributed by atoms with Crippen LogP contribution in [0.25, 0.3) is 10.9 Å². The number of amides is 1. The molecule has 7 nitrogen and oxygen atoms in total. The van der Waals surface area contributed by atoms with Gasteiger partial charge in [-0.2, -0.15) is 0 Å². The minimum absolute atomic E-state index is 0. The monoisotopic (exact) mass is 513 g/mol. The molecule has 1 unspecified atom stereocenters. The minimum Gasteiger partial charge on any atom is -0.450 e. The van der Waals surface area contributed by atoms with E-state index >= 15 is 0 Å². The van der Waals surface area contributed by atoms with Gasteiger partial charge in [-0.05, 0) is 56.2 Å². The second-order valence-electron chi connectivity index (χ2n) is 7.25. The Morgan fingerprint density at radius 3 is 2.83 bits per heavy atom. The van der Waals surface area contributed by atoms with Crippen LogP contribution in [-0.2, 0) is 11.2 Å². The first-order valence-electron chi connectivity index (χ1n) is 10.1. The van der Waals surface area contributed by atoms with Crippen molar-refractivity contribution in [2.45, 2.75) is 39.2 Å². The molecule has 1 aromatic carbocycles. The second kappa shape index (κ2) is 11.3. The summed E-state index contributed by atoms with van der Waals surface area (Å²) in [5.74, 6) is 1.26. The zero-order chi connectivity index (χ0) is 19.9. The summed E-state index contributed by atoms with van der Waals surface area (Å²) < 4.78 is 5.01. The van der Waals surface area contributed by atoms with Crippen molar-refractivity contribution in [1.82, 2.24) is 20.9 Å². The van der Waals surface area contributed by atoms with Crippen LogP contribution in [0.5, 0.6) is 0 Å². The van der Waals surface area contributed by atoms with Crippen LogP contribution in [0.2, 0.25) is 0 Å². The maximum Gasteiger partial charge on any atom is 0.407 e. The molecule has 4 N–H and O–H groups in total. The highest BCUT2D eigenvalue weighted by molar-refractivity contribution is 14.0. The van der Waals surface area contributed by atoms with Crippen LogP contribution in [0.3, 0.4) is 0 Å². The molecule has 1 aliphatic carbocycles. The van der Waals surface area contributed by atoms with Crippen LogP contribution < -0.4 is 16.0 Å². The fourth-order valence-corrected chi connectivity index (χ4v) is 3.55. The van der Waals surface area contributed by atoms with Crippen molar-refractivity contribution in [1.29, 1.82) is 0 Å². The molecule has 1 aromatic heterocycles. The Morgan fingerprint density at radius 2 is 2.14 bits per heavy atom. The van der Waals surface area contributed by atoms with Gasteiger partial charge in [-0.15, -0.1) is 24.0 Å². The lowest BCUT2D eigenvalue weighted by atomic mass is 10.1. The van der Waals surface area contributed by atoms with Gasteiger partial charge in [-0.1, -0.05) is 12.1 Å². The van der Waals surface area contributed by atoms with Crippen LogP contribution in [0.15, 0.2) is 29.4 Å². The molecule has 1 atom stereocenters. The Hall–Kier alpha value is -1.97. The predicted octanol–water partition coefficient (Wildman–Crippen LogP) is 3.33. The fraction of sp³-hybridized carbons (Fsp3) is 0.524.